The van der Waals surface area contributed by atoms with Gasteiger partial charge in [-0.05, 0) is 114 Å². The van der Waals surface area contributed by atoms with Gasteiger partial charge in [-0.2, -0.15) is 15.8 Å². The molecule has 132 heavy (non-hydrogen) atoms. The molecule has 15 rings (SSSR count). The van der Waals surface area contributed by atoms with Crippen LogP contribution in [0.4, 0.5) is 66.2 Å². The number of aromatic nitrogens is 14. The average Bonchev–Trinajstić information content (AvgIpc) is 1.67. The van der Waals surface area contributed by atoms with E-state index in [9.17, 15) is 33.6 Å². The molecule has 14 N–H and O–H groups in total. The molecule has 0 bridgehead atoms. The Morgan fingerprint density at radius 2 is 0.780 bits per heavy atom. The molecule has 4 unspecified atom stereocenters. The monoisotopic (exact) mass is 1860 g/mol. The van der Waals surface area contributed by atoms with Crippen LogP contribution in [0, 0.1) is 34.0 Å². The second-order valence-corrected chi connectivity index (χ2v) is 34.7. The summed E-state index contributed by atoms with van der Waals surface area (Å²) in [5.41, 5.74) is 11.9. The van der Waals surface area contributed by atoms with Gasteiger partial charge in [0, 0.05) is 107 Å². The van der Waals surface area contributed by atoms with Crippen molar-refractivity contribution in [1.29, 1.82) is 15.8 Å². The molecule has 4 atom stereocenters. The van der Waals surface area contributed by atoms with Crippen molar-refractivity contribution in [2.45, 2.75) is 179 Å². The molecule has 11 heterocycles. The number of hydrogen-bond donors (Lipinski definition) is 12. The van der Waals surface area contributed by atoms with Gasteiger partial charge in [-0.3, -0.25) is 14.4 Å². The van der Waals surface area contributed by atoms with Gasteiger partial charge in [0.05, 0.1) is 138 Å². The lowest BCUT2D eigenvalue weighted by atomic mass is 10.2. The Morgan fingerprint density at radius 3 is 1.09 bits per heavy atom. The first-order valence-electron chi connectivity index (χ1n) is 42.6. The molecule has 0 radical (unpaired) electrons. The highest BCUT2D eigenvalue weighted by Crippen LogP contribution is 2.29. The van der Waals surface area contributed by atoms with Crippen molar-refractivity contribution in [2.75, 3.05) is 150 Å². The molecule has 8 fully saturated rings. The third-order valence-electron chi connectivity index (χ3n) is 18.8. The number of nitrogens with zero attached hydrogens (tertiary/aromatic N) is 20. The van der Waals surface area contributed by atoms with Gasteiger partial charge >= 0.3 is 24.2 Å². The maximum atomic E-state index is 12.8. The molecule has 0 spiro atoms. The number of anilines is 9. The van der Waals surface area contributed by atoms with Crippen LogP contribution in [0.2, 0.25) is 10.3 Å². The van der Waals surface area contributed by atoms with Crippen LogP contribution < -0.4 is 64.6 Å². The molecule has 4 aliphatic carbocycles. The maximum absolute atomic E-state index is 12.8. The number of methoxy groups -OCH3 is 1. The number of ether oxygens (including phenoxy) is 8. The van der Waals surface area contributed by atoms with Crippen molar-refractivity contribution in [1.82, 2.24) is 107 Å². The Morgan fingerprint density at radius 1 is 0.447 bits per heavy atom. The van der Waals surface area contributed by atoms with Crippen LogP contribution in [0.5, 0.6) is 0 Å². The maximum Gasteiger partial charge on any atom is 0.410 e. The predicted molar refractivity (Wildman–Crippen MR) is 479 cm³/mol. The van der Waals surface area contributed by atoms with Gasteiger partial charge in [0.2, 0.25) is 0 Å². The Bertz CT molecular complexity index is 5170. The lowest BCUT2D eigenvalue weighted by molar-refractivity contribution is -0.0373. The van der Waals surface area contributed by atoms with Crippen molar-refractivity contribution in [3.05, 3.63) is 112 Å². The quantitative estimate of drug-likeness (QED) is 0.0255. The summed E-state index contributed by atoms with van der Waals surface area (Å²) in [6, 6.07) is 13.2. The van der Waals surface area contributed by atoms with E-state index in [1.165, 1.54) is 63.2 Å². The topological polar surface area (TPSA) is 627 Å². The molecular weight excluding hydrogens is 1760 g/mol. The summed E-state index contributed by atoms with van der Waals surface area (Å²) in [6.45, 7) is 23.9. The van der Waals surface area contributed by atoms with E-state index in [1.54, 1.807) is 32.9 Å². The molecule has 7 aromatic heterocycles. The smallest absolute Gasteiger partial charge is 0.410 e. The summed E-state index contributed by atoms with van der Waals surface area (Å²) in [4.78, 5) is 115. The second-order valence-electron chi connectivity index (χ2n) is 33.9. The van der Waals surface area contributed by atoms with E-state index in [2.05, 4.69) is 129 Å². The first kappa shape index (κ1) is 101. The van der Waals surface area contributed by atoms with Crippen molar-refractivity contribution >= 4 is 117 Å². The zero-order valence-electron chi connectivity index (χ0n) is 74.8. The highest BCUT2D eigenvalue weighted by Gasteiger charge is 2.35. The summed E-state index contributed by atoms with van der Waals surface area (Å²) in [5.74, 6) is 0.357. The Kier molecular flexibility index (Phi) is 37.1. The van der Waals surface area contributed by atoms with Crippen molar-refractivity contribution in [3.8, 4) is 18.2 Å². The van der Waals surface area contributed by atoms with E-state index < -0.39 is 22.8 Å². The Hall–Kier alpha value is -13.3. The van der Waals surface area contributed by atoms with Gasteiger partial charge < -0.3 is 117 Å². The lowest BCUT2D eigenvalue weighted by Gasteiger charge is -2.34. The number of nitriles is 3. The zero-order valence-corrected chi connectivity index (χ0v) is 76.4. The third kappa shape index (κ3) is 35.5. The third-order valence-corrected chi connectivity index (χ3v) is 19.2. The van der Waals surface area contributed by atoms with Crippen molar-refractivity contribution in [2.24, 2.45) is 5.73 Å². The Labute approximate surface area is 771 Å². The number of carbonyl (C=O) groups excluding carboxylic acids is 7. The zero-order chi connectivity index (χ0) is 95.1. The number of halogens is 2. The SMILES string of the molecule is CC(C)(C)OC(=O)N1CCOC(CNc2cc(Cl)nnc2C(=O)NC2CC2)C1.CC(C)(C)OC(=O)N1CCOC(CNc2cc(Nc3cnc(C#N)cn3)nnc2C(=O)NC2CC2)C1.COC(=O)c1nnc(Cl)cc1NCC1CN(C(=O)OC(C)(C)C)CCO1.N#Cc1cnc(N)cn1.N#Cc1cnc(Nc2cc(NCC3CNCCO3)c(C(=O)NC3CC3)nn2)cn1.NC1CC1. The van der Waals surface area contributed by atoms with E-state index >= 15 is 0 Å². The summed E-state index contributed by atoms with van der Waals surface area (Å²) < 4.78 is 43.9. The van der Waals surface area contributed by atoms with Crippen LogP contribution in [0.25, 0.3) is 0 Å². The fraction of sp³-hybridized carbons (Fsp3) is 0.542. The molecule has 4 aliphatic heterocycles. The number of nitrogens with two attached hydrogens (primary N) is 2. The summed E-state index contributed by atoms with van der Waals surface area (Å²) in [6.07, 6.45) is 14.6. The number of esters is 1. The molecular formula is C83H110Cl2N32O15. The number of amides is 6. The largest absolute Gasteiger partial charge is 0.464 e. The second kappa shape index (κ2) is 48.5. The number of carbonyl (C=O) groups is 7. The van der Waals surface area contributed by atoms with Gasteiger partial charge in [-0.25, -0.2) is 49.1 Å². The fourth-order valence-electron chi connectivity index (χ4n) is 11.7. The molecule has 4 saturated heterocycles. The Balaban J connectivity index is 0.000000175. The standard InChI is InChI=1S/C23H29N9O4.C18H26ClN5O4.C18H21N9O2.C16H23ClN4O5.C5H4N4.C3H7N/c1-23(2,3)36-22(34)32-6-7-35-16(13-32)11-26-17-8-18(29-19-12-25-15(9-24)10-27-19)30-31-20(17)21(33)28-14-4-5-14;1-18(2,3)28-17(26)24-6-7-27-12(10-24)9-20-13-8-14(19)22-23-15(13)16(25)21-11-4-5-11;19-6-12-7-23-16(10-21-12)25-15-5-14(22-9-13-8-20-3-4-29-13)17(27-26-15)18(28)24-11-1-2-11;1-16(2,3)26-15(23)21-5-6-25-10(9-21)8-18-11-7-12(17)19-20-13(11)14(22)24-4;6-1-4-2-9-5(7)3-8-4;4-3-1-2-3/h8,10,12,14,16H,4-7,11,13H2,1-3H3,(H,28,33)(H2,26,27,29,30);8,11-12H,4-7,9-10H2,1-3H3,(H,20,22)(H,21,25);5,7,10-11,13,20H,1-4,8-9H2,(H,24,28)(H2,22,23,25,26);7,10H,5-6,8-9H2,1-4H3,(H,18,19);2-3H,(H2,7,9);3H,1-2,4H2. The van der Waals surface area contributed by atoms with Gasteiger partial charge in [0.25, 0.3) is 17.7 Å². The fourth-order valence-corrected chi connectivity index (χ4v) is 12.0. The minimum Gasteiger partial charge on any atom is -0.464 e. The number of nitrogen functional groups attached to an aromatic ring is 1. The van der Waals surface area contributed by atoms with Gasteiger partial charge in [0.15, 0.2) is 61.8 Å². The van der Waals surface area contributed by atoms with Crippen molar-refractivity contribution < 1.29 is 71.5 Å². The molecule has 7 aromatic rings. The molecule has 47 nitrogen and oxygen atoms in total. The predicted octanol–water partition coefficient (Wildman–Crippen LogP) is 6.07. The first-order chi connectivity index (χ1) is 63.0. The van der Waals surface area contributed by atoms with Crippen LogP contribution in [0.15, 0.2) is 61.4 Å². The van der Waals surface area contributed by atoms with Crippen LogP contribution in [-0.2, 0) is 37.9 Å². The highest BCUT2D eigenvalue weighted by molar-refractivity contribution is 6.30. The van der Waals surface area contributed by atoms with E-state index in [1.807, 2.05) is 80.5 Å². The van der Waals surface area contributed by atoms with Crippen LogP contribution >= 0.6 is 23.2 Å². The molecule has 8 aliphatic rings. The molecule has 0 aromatic carbocycles. The van der Waals surface area contributed by atoms with Gasteiger partial charge in [-0.15, -0.1) is 40.8 Å². The molecule has 49 heteroatoms. The van der Waals surface area contributed by atoms with Gasteiger partial charge in [0.1, 0.15) is 52.5 Å². The first-order valence-corrected chi connectivity index (χ1v) is 43.4. The van der Waals surface area contributed by atoms with Crippen LogP contribution in [-0.4, -0.2) is 305 Å². The van der Waals surface area contributed by atoms with E-state index in [0.29, 0.717) is 150 Å². The summed E-state index contributed by atoms with van der Waals surface area (Å²) in [7, 11) is 1.26. The van der Waals surface area contributed by atoms with E-state index in [-0.39, 0.29) is 129 Å². The summed E-state index contributed by atoms with van der Waals surface area (Å²) >= 11 is 11.8. The van der Waals surface area contributed by atoms with E-state index in [4.69, 9.17) is 83.6 Å². The minimum atomic E-state index is -0.628. The number of morpholine rings is 4. The van der Waals surface area contributed by atoms with Crippen molar-refractivity contribution in [3.63, 3.8) is 0 Å². The highest BCUT2D eigenvalue weighted by atomic mass is 35.5. The number of rotatable bonds is 23. The number of hydrogen-bond acceptors (Lipinski definition) is 41. The minimum absolute atomic E-state index is 0.00272. The van der Waals surface area contributed by atoms with Crippen LogP contribution in [0.1, 0.15) is 173 Å². The van der Waals surface area contributed by atoms with E-state index in [0.717, 1.165) is 51.6 Å². The normalized spacial score (nSPS) is 17.9. The van der Waals surface area contributed by atoms with Crippen LogP contribution in [0.3, 0.4) is 0 Å². The number of nitrogens with one attached hydrogen (secondary N) is 10. The average molecular weight is 1870 g/mol. The molecule has 706 valence electrons. The molecule has 6 amide bonds. The lowest BCUT2D eigenvalue weighted by Crippen LogP contribution is -2.49. The van der Waals surface area contributed by atoms with Gasteiger partial charge in [-0.1, -0.05) is 23.2 Å². The summed E-state index contributed by atoms with van der Waals surface area (Å²) in [5, 5.41) is 88.4. The molecule has 4 saturated carbocycles.